The van der Waals surface area contributed by atoms with Gasteiger partial charge in [-0.25, -0.2) is 0 Å². The molecule has 0 radical (unpaired) electrons. The third-order valence-corrected chi connectivity index (χ3v) is 3.76. The van der Waals surface area contributed by atoms with E-state index in [1.165, 1.54) is 15.0 Å². The molecule has 2 N–H and O–H groups in total. The lowest BCUT2D eigenvalue weighted by molar-refractivity contribution is 0.839. The summed E-state index contributed by atoms with van der Waals surface area (Å²) >= 11 is 5.22. The molecule has 1 nitrogen and oxygen atoms in total. The molecule has 1 heterocycles. The van der Waals surface area contributed by atoms with Crippen LogP contribution in [0.15, 0.2) is 28.7 Å². The summed E-state index contributed by atoms with van der Waals surface area (Å²) in [6.07, 6.45) is 0. The molecule has 1 atom stereocenters. The van der Waals surface area contributed by atoms with E-state index in [9.17, 15) is 0 Å². The fraction of sp³-hybridized carbons (Fsp3) is 0.200. The molecular formula is C10H10BrNS. The number of hydrogen-bond donors (Lipinski definition) is 1. The molecule has 0 saturated heterocycles. The molecule has 0 unspecified atom stereocenters. The summed E-state index contributed by atoms with van der Waals surface area (Å²) in [5.41, 5.74) is 5.81. The van der Waals surface area contributed by atoms with E-state index in [2.05, 4.69) is 40.2 Å². The van der Waals surface area contributed by atoms with E-state index in [-0.39, 0.29) is 6.04 Å². The summed E-state index contributed by atoms with van der Waals surface area (Å²) in [7, 11) is 0. The highest BCUT2D eigenvalue weighted by Gasteiger charge is 2.05. The second kappa shape index (κ2) is 3.40. The minimum absolute atomic E-state index is 0.135. The van der Waals surface area contributed by atoms with Crippen molar-refractivity contribution in [2.75, 3.05) is 0 Å². The number of thiophene rings is 1. The molecule has 13 heavy (non-hydrogen) atoms. The molecule has 68 valence electrons. The Bertz CT molecular complexity index is 433. The molecule has 0 fully saturated rings. The lowest BCUT2D eigenvalue weighted by Crippen LogP contribution is -2.01. The highest BCUT2D eigenvalue weighted by Crippen LogP contribution is 2.30. The Balaban J connectivity index is 2.62. The largest absolute Gasteiger partial charge is 0.324 e. The van der Waals surface area contributed by atoms with Crippen LogP contribution in [0.4, 0.5) is 0 Å². The summed E-state index contributed by atoms with van der Waals surface area (Å²) in [4.78, 5) is 1.24. The predicted octanol–water partition coefficient (Wildman–Crippen LogP) is 3.68. The molecule has 2 aromatic rings. The maximum absolute atomic E-state index is 5.81. The van der Waals surface area contributed by atoms with Crippen molar-refractivity contribution in [1.82, 2.24) is 0 Å². The first-order valence-corrected chi connectivity index (χ1v) is 5.72. The summed E-state index contributed by atoms with van der Waals surface area (Å²) < 4.78 is 2.42. The van der Waals surface area contributed by atoms with Gasteiger partial charge in [-0.2, -0.15) is 0 Å². The van der Waals surface area contributed by atoms with Crippen LogP contribution >= 0.6 is 27.3 Å². The number of halogens is 1. The van der Waals surface area contributed by atoms with Gasteiger partial charge in [-0.05, 0) is 36.6 Å². The second-order valence-electron chi connectivity index (χ2n) is 3.12. The Morgan fingerprint density at radius 3 is 2.85 bits per heavy atom. The Morgan fingerprint density at radius 2 is 2.15 bits per heavy atom. The van der Waals surface area contributed by atoms with Gasteiger partial charge in [0.25, 0.3) is 0 Å². The minimum Gasteiger partial charge on any atom is -0.324 e. The lowest BCUT2D eigenvalue weighted by Gasteiger charge is -1.96. The van der Waals surface area contributed by atoms with Gasteiger partial charge in [-0.1, -0.05) is 15.9 Å². The van der Waals surface area contributed by atoms with Gasteiger partial charge < -0.3 is 5.73 Å². The fourth-order valence-electron chi connectivity index (χ4n) is 1.26. The van der Waals surface area contributed by atoms with Crippen molar-refractivity contribution in [3.63, 3.8) is 0 Å². The topological polar surface area (TPSA) is 26.0 Å². The van der Waals surface area contributed by atoms with Crippen molar-refractivity contribution in [3.8, 4) is 0 Å². The first-order chi connectivity index (χ1) is 6.16. The van der Waals surface area contributed by atoms with Gasteiger partial charge in [-0.15, -0.1) is 11.3 Å². The maximum atomic E-state index is 5.81. The molecule has 0 spiro atoms. The maximum Gasteiger partial charge on any atom is 0.0361 e. The lowest BCUT2D eigenvalue weighted by atomic mass is 10.2. The number of rotatable bonds is 1. The zero-order valence-electron chi connectivity index (χ0n) is 7.25. The van der Waals surface area contributed by atoms with Gasteiger partial charge in [-0.3, -0.25) is 0 Å². The van der Waals surface area contributed by atoms with Crippen LogP contribution in [0.1, 0.15) is 17.8 Å². The molecule has 2 rings (SSSR count). The van der Waals surface area contributed by atoms with Crippen LogP contribution in [-0.2, 0) is 0 Å². The van der Waals surface area contributed by atoms with Crippen molar-refractivity contribution >= 4 is 37.4 Å². The minimum atomic E-state index is 0.135. The van der Waals surface area contributed by atoms with Gasteiger partial charge in [0, 0.05) is 20.1 Å². The SMILES string of the molecule is C[C@@H](N)c1cc2cc(Br)ccc2s1. The van der Waals surface area contributed by atoms with Gasteiger partial charge in [0.15, 0.2) is 0 Å². The van der Waals surface area contributed by atoms with E-state index < -0.39 is 0 Å². The first kappa shape index (κ1) is 9.19. The van der Waals surface area contributed by atoms with Gasteiger partial charge >= 0.3 is 0 Å². The molecule has 0 aliphatic heterocycles. The smallest absolute Gasteiger partial charge is 0.0361 e. The number of benzene rings is 1. The Morgan fingerprint density at radius 1 is 1.38 bits per heavy atom. The molecular weight excluding hydrogens is 246 g/mol. The summed E-state index contributed by atoms with van der Waals surface area (Å²) in [6, 6.07) is 8.60. The van der Waals surface area contributed by atoms with E-state index in [0.717, 1.165) is 4.47 Å². The van der Waals surface area contributed by atoms with Crippen molar-refractivity contribution in [2.45, 2.75) is 13.0 Å². The summed E-state index contributed by atoms with van der Waals surface area (Å²) in [5, 5.41) is 1.27. The average molecular weight is 256 g/mol. The van der Waals surface area contributed by atoms with Crippen LogP contribution in [0.3, 0.4) is 0 Å². The molecule has 0 aliphatic carbocycles. The van der Waals surface area contributed by atoms with Crippen molar-refractivity contribution in [2.24, 2.45) is 5.73 Å². The number of nitrogens with two attached hydrogens (primary N) is 1. The van der Waals surface area contributed by atoms with Crippen LogP contribution in [0.25, 0.3) is 10.1 Å². The van der Waals surface area contributed by atoms with Crippen LogP contribution in [0, 0.1) is 0 Å². The number of hydrogen-bond acceptors (Lipinski definition) is 2. The second-order valence-corrected chi connectivity index (χ2v) is 5.15. The van der Waals surface area contributed by atoms with Gasteiger partial charge in [0.1, 0.15) is 0 Å². The zero-order chi connectivity index (χ0) is 9.42. The Kier molecular flexibility index (Phi) is 2.41. The van der Waals surface area contributed by atoms with E-state index in [1.54, 1.807) is 11.3 Å². The van der Waals surface area contributed by atoms with Crippen LogP contribution in [0.2, 0.25) is 0 Å². The molecule has 0 amide bonds. The van der Waals surface area contributed by atoms with E-state index >= 15 is 0 Å². The first-order valence-electron chi connectivity index (χ1n) is 4.11. The summed E-state index contributed by atoms with van der Waals surface area (Å²) in [5.74, 6) is 0. The van der Waals surface area contributed by atoms with Crippen LogP contribution in [-0.4, -0.2) is 0 Å². The standard InChI is InChI=1S/C10H10BrNS/c1-6(12)10-5-7-4-8(11)2-3-9(7)13-10/h2-6H,12H2,1H3/t6-/m1/s1. The number of fused-ring (bicyclic) bond motifs is 1. The molecule has 0 bridgehead atoms. The molecule has 1 aromatic heterocycles. The molecule has 1 aromatic carbocycles. The molecule has 3 heteroatoms. The zero-order valence-corrected chi connectivity index (χ0v) is 9.65. The summed E-state index contributed by atoms with van der Waals surface area (Å²) in [6.45, 7) is 2.01. The van der Waals surface area contributed by atoms with Gasteiger partial charge in [0.05, 0.1) is 0 Å². The van der Waals surface area contributed by atoms with Crippen molar-refractivity contribution < 1.29 is 0 Å². The van der Waals surface area contributed by atoms with Crippen molar-refractivity contribution in [1.29, 1.82) is 0 Å². The fourth-order valence-corrected chi connectivity index (χ4v) is 2.64. The Hall–Kier alpha value is -0.380. The molecule has 0 saturated carbocycles. The highest BCUT2D eigenvalue weighted by atomic mass is 79.9. The third-order valence-electron chi connectivity index (χ3n) is 1.95. The Labute approximate surface area is 89.7 Å². The van der Waals surface area contributed by atoms with E-state index in [0.29, 0.717) is 0 Å². The molecule has 0 aliphatic rings. The van der Waals surface area contributed by atoms with Crippen molar-refractivity contribution in [3.05, 3.63) is 33.6 Å². The third kappa shape index (κ3) is 1.77. The predicted molar refractivity (Wildman–Crippen MR) is 62.1 cm³/mol. The van der Waals surface area contributed by atoms with Gasteiger partial charge in [0.2, 0.25) is 0 Å². The van der Waals surface area contributed by atoms with E-state index in [4.69, 9.17) is 5.73 Å². The average Bonchev–Trinajstić information content (AvgIpc) is 2.46. The van der Waals surface area contributed by atoms with Crippen LogP contribution < -0.4 is 5.73 Å². The quantitative estimate of drug-likeness (QED) is 0.827. The normalized spacial score (nSPS) is 13.5. The van der Waals surface area contributed by atoms with E-state index in [1.807, 2.05) is 6.92 Å². The highest BCUT2D eigenvalue weighted by molar-refractivity contribution is 9.10. The van der Waals surface area contributed by atoms with Crippen LogP contribution in [0.5, 0.6) is 0 Å². The monoisotopic (exact) mass is 255 g/mol.